The van der Waals surface area contributed by atoms with Gasteiger partial charge in [0.2, 0.25) is 11.8 Å². The molecule has 0 aliphatic carbocycles. The monoisotopic (exact) mass is 651 g/mol. The van der Waals surface area contributed by atoms with Gasteiger partial charge < -0.3 is 10.2 Å². The molecule has 0 unspecified atom stereocenters. The van der Waals surface area contributed by atoms with E-state index in [0.717, 1.165) is 9.87 Å². The third-order valence-corrected chi connectivity index (χ3v) is 9.47. The molecule has 0 spiro atoms. The third-order valence-electron chi connectivity index (χ3n) is 6.72. The van der Waals surface area contributed by atoms with Crippen molar-refractivity contribution in [2.75, 3.05) is 17.4 Å². The predicted molar refractivity (Wildman–Crippen MR) is 171 cm³/mol. The number of hydrogen-bond acceptors (Lipinski definition) is 4. The van der Waals surface area contributed by atoms with Crippen molar-refractivity contribution < 1.29 is 18.0 Å². The number of nitrogens with zero attached hydrogens (tertiary/aromatic N) is 2. The van der Waals surface area contributed by atoms with Gasteiger partial charge >= 0.3 is 0 Å². The number of anilines is 1. The summed E-state index contributed by atoms with van der Waals surface area (Å²) in [7, 11) is -4.19. The average Bonchev–Trinajstić information content (AvgIpc) is 2.92. The van der Waals surface area contributed by atoms with Crippen LogP contribution in [0.3, 0.4) is 0 Å². The molecule has 1 atom stereocenters. The first kappa shape index (κ1) is 33.7. The molecule has 226 valence electrons. The van der Waals surface area contributed by atoms with Gasteiger partial charge in [0.1, 0.15) is 12.6 Å². The molecular weight excluding hydrogens is 617 g/mol. The number of halogens is 3. The standard InChI is InChI=1S/C31H36Cl3N3O4S/c1-6-28(31(39)35-17-20(2)3)36(18-23-9-13-26(33)27(34)16-23)30(38)19-37(29-14-10-24(32)15-22(29)5)42(40,41)25-11-7-21(4)8-12-25/h7-16,20,28H,6,17-19H2,1-5H3,(H,35,39)/t28-/m0/s1. The number of sulfonamides is 1. The van der Waals surface area contributed by atoms with Gasteiger partial charge in [0.05, 0.1) is 20.6 Å². The number of carbonyl (C=O) groups excluding carboxylic acids is 2. The van der Waals surface area contributed by atoms with Crippen LogP contribution in [0.1, 0.15) is 43.9 Å². The van der Waals surface area contributed by atoms with Gasteiger partial charge in [0, 0.05) is 18.1 Å². The van der Waals surface area contributed by atoms with Crippen molar-refractivity contribution >= 4 is 62.3 Å². The van der Waals surface area contributed by atoms with Crippen molar-refractivity contribution in [3.05, 3.63) is 92.4 Å². The quantitative estimate of drug-likeness (QED) is 0.227. The van der Waals surface area contributed by atoms with Crippen LogP contribution < -0.4 is 9.62 Å². The van der Waals surface area contributed by atoms with Crippen LogP contribution in [0, 0.1) is 19.8 Å². The Bertz CT molecular complexity index is 1530. The smallest absolute Gasteiger partial charge is 0.264 e. The summed E-state index contributed by atoms with van der Waals surface area (Å²) < 4.78 is 29.2. The van der Waals surface area contributed by atoms with Gasteiger partial charge in [0.15, 0.2) is 0 Å². The summed E-state index contributed by atoms with van der Waals surface area (Å²) >= 11 is 18.5. The first-order valence-corrected chi connectivity index (χ1v) is 16.2. The normalized spacial score (nSPS) is 12.2. The van der Waals surface area contributed by atoms with Crippen LogP contribution in [0.2, 0.25) is 15.1 Å². The lowest BCUT2D eigenvalue weighted by molar-refractivity contribution is -0.140. The molecule has 0 fully saturated rings. The van der Waals surface area contributed by atoms with Gasteiger partial charge in [-0.05, 0) is 79.8 Å². The zero-order valence-electron chi connectivity index (χ0n) is 24.3. The molecule has 0 bridgehead atoms. The molecule has 11 heteroatoms. The van der Waals surface area contributed by atoms with E-state index >= 15 is 0 Å². The summed E-state index contributed by atoms with van der Waals surface area (Å²) in [5, 5.41) is 4.00. The fourth-order valence-electron chi connectivity index (χ4n) is 4.43. The topological polar surface area (TPSA) is 86.8 Å². The Labute approximate surface area is 263 Å². The molecule has 2 amide bonds. The zero-order valence-corrected chi connectivity index (χ0v) is 27.4. The molecule has 0 aromatic heterocycles. The molecule has 3 aromatic carbocycles. The van der Waals surface area contributed by atoms with E-state index in [1.54, 1.807) is 62.4 Å². The lowest BCUT2D eigenvalue weighted by atomic mass is 10.1. The van der Waals surface area contributed by atoms with Gasteiger partial charge in [-0.25, -0.2) is 8.42 Å². The second-order valence-corrected chi connectivity index (χ2v) is 13.7. The molecule has 3 rings (SSSR count). The zero-order chi connectivity index (χ0) is 31.2. The van der Waals surface area contributed by atoms with Crippen molar-refractivity contribution in [3.63, 3.8) is 0 Å². The highest BCUT2D eigenvalue weighted by Gasteiger charge is 2.34. The van der Waals surface area contributed by atoms with E-state index in [9.17, 15) is 18.0 Å². The van der Waals surface area contributed by atoms with E-state index in [1.165, 1.54) is 17.0 Å². The van der Waals surface area contributed by atoms with Crippen molar-refractivity contribution in [2.24, 2.45) is 5.92 Å². The summed E-state index contributed by atoms with van der Waals surface area (Å²) in [5.74, 6) is -0.679. The van der Waals surface area contributed by atoms with Crippen LogP contribution >= 0.6 is 34.8 Å². The highest BCUT2D eigenvalue weighted by atomic mass is 35.5. The van der Waals surface area contributed by atoms with Crippen molar-refractivity contribution in [1.29, 1.82) is 0 Å². The molecule has 0 aliphatic rings. The lowest BCUT2D eigenvalue weighted by Crippen LogP contribution is -2.52. The first-order valence-electron chi connectivity index (χ1n) is 13.6. The molecule has 0 radical (unpaired) electrons. The van der Waals surface area contributed by atoms with E-state index in [4.69, 9.17) is 34.8 Å². The minimum atomic E-state index is -4.19. The van der Waals surface area contributed by atoms with Gasteiger partial charge in [-0.15, -0.1) is 0 Å². The molecule has 3 aromatic rings. The molecule has 1 N–H and O–H groups in total. The Morgan fingerprint density at radius 1 is 0.905 bits per heavy atom. The molecule has 7 nitrogen and oxygen atoms in total. The summed E-state index contributed by atoms with van der Waals surface area (Å²) in [4.78, 5) is 29.0. The molecule has 0 heterocycles. The summed E-state index contributed by atoms with van der Waals surface area (Å²) in [6.45, 7) is 9.24. The van der Waals surface area contributed by atoms with E-state index in [0.29, 0.717) is 44.8 Å². The second-order valence-electron chi connectivity index (χ2n) is 10.6. The predicted octanol–water partition coefficient (Wildman–Crippen LogP) is 7.04. The van der Waals surface area contributed by atoms with Crippen molar-refractivity contribution in [3.8, 4) is 0 Å². The van der Waals surface area contributed by atoms with Crippen LogP contribution in [-0.2, 0) is 26.2 Å². The summed E-state index contributed by atoms with van der Waals surface area (Å²) in [6.07, 6.45) is 0.307. The van der Waals surface area contributed by atoms with E-state index in [2.05, 4.69) is 5.32 Å². The fourth-order valence-corrected chi connectivity index (χ4v) is 6.45. The molecule has 0 saturated carbocycles. The maximum atomic E-state index is 14.2. The van der Waals surface area contributed by atoms with Crippen molar-refractivity contribution in [1.82, 2.24) is 10.2 Å². The second kappa shape index (κ2) is 14.6. The highest BCUT2D eigenvalue weighted by molar-refractivity contribution is 7.92. The van der Waals surface area contributed by atoms with Crippen LogP contribution in [-0.4, -0.2) is 44.3 Å². The Morgan fingerprint density at radius 3 is 2.14 bits per heavy atom. The van der Waals surface area contributed by atoms with Crippen LogP contribution in [0.4, 0.5) is 5.69 Å². The maximum Gasteiger partial charge on any atom is 0.264 e. The Morgan fingerprint density at radius 2 is 1.57 bits per heavy atom. The number of amides is 2. The maximum absolute atomic E-state index is 14.2. The molecule has 42 heavy (non-hydrogen) atoms. The Kier molecular flexibility index (Phi) is 11.7. The fraction of sp³-hybridized carbons (Fsp3) is 0.355. The average molecular weight is 653 g/mol. The van der Waals surface area contributed by atoms with Crippen LogP contribution in [0.15, 0.2) is 65.6 Å². The van der Waals surface area contributed by atoms with E-state index in [1.807, 2.05) is 20.8 Å². The summed E-state index contributed by atoms with van der Waals surface area (Å²) in [5.41, 5.74) is 2.41. The number of carbonyl (C=O) groups is 2. The molecule has 0 aliphatic heterocycles. The highest BCUT2D eigenvalue weighted by Crippen LogP contribution is 2.30. The van der Waals surface area contributed by atoms with Crippen LogP contribution in [0.5, 0.6) is 0 Å². The Hall–Kier alpha value is -2.78. The minimum absolute atomic E-state index is 0.0152. The van der Waals surface area contributed by atoms with Crippen molar-refractivity contribution in [2.45, 2.75) is 58.5 Å². The number of rotatable bonds is 12. The minimum Gasteiger partial charge on any atom is -0.354 e. The number of benzene rings is 3. The number of nitrogens with one attached hydrogen (secondary N) is 1. The Balaban J connectivity index is 2.09. The van der Waals surface area contributed by atoms with Gasteiger partial charge in [0.25, 0.3) is 10.0 Å². The molecular formula is C31H36Cl3N3O4S. The van der Waals surface area contributed by atoms with E-state index in [-0.39, 0.29) is 23.3 Å². The summed E-state index contributed by atoms with van der Waals surface area (Å²) in [6, 6.07) is 15.3. The van der Waals surface area contributed by atoms with E-state index < -0.39 is 28.5 Å². The lowest BCUT2D eigenvalue weighted by Gasteiger charge is -2.33. The van der Waals surface area contributed by atoms with Gasteiger partial charge in [-0.2, -0.15) is 0 Å². The first-order chi connectivity index (χ1) is 19.7. The largest absolute Gasteiger partial charge is 0.354 e. The van der Waals surface area contributed by atoms with Gasteiger partial charge in [-0.1, -0.05) is 79.3 Å². The SMILES string of the molecule is CC[C@@H](C(=O)NCC(C)C)N(Cc1ccc(Cl)c(Cl)c1)C(=O)CN(c1ccc(Cl)cc1C)S(=O)(=O)c1ccc(C)cc1. The number of aryl methyl sites for hydroxylation is 2. The molecule has 0 saturated heterocycles. The third kappa shape index (κ3) is 8.40. The van der Waals surface area contributed by atoms with Crippen LogP contribution in [0.25, 0.3) is 0 Å². The number of hydrogen-bond donors (Lipinski definition) is 1. The van der Waals surface area contributed by atoms with Gasteiger partial charge in [-0.3, -0.25) is 13.9 Å².